The standard InChI is InChI=1S/C11H15BrN2O2S2/c1-7-4-8-5-13-6-10(8)14(7)18(15,16)11-9(12)2-3-17-11/h2-3,7-8,10,13H,4-6H2,1H3. The quantitative estimate of drug-likeness (QED) is 0.885. The van der Waals surface area contributed by atoms with Gasteiger partial charge >= 0.3 is 0 Å². The van der Waals surface area contributed by atoms with Gasteiger partial charge in [-0.25, -0.2) is 8.42 Å². The Hall–Kier alpha value is 0.0500. The van der Waals surface area contributed by atoms with Crippen LogP contribution in [-0.2, 0) is 10.0 Å². The Labute approximate surface area is 120 Å². The van der Waals surface area contributed by atoms with E-state index in [0.717, 1.165) is 19.5 Å². The van der Waals surface area contributed by atoms with E-state index in [1.54, 1.807) is 10.4 Å². The fourth-order valence-electron chi connectivity index (χ4n) is 3.10. The number of rotatable bonds is 2. The number of hydrogen-bond donors (Lipinski definition) is 1. The minimum absolute atomic E-state index is 0.0982. The fraction of sp³-hybridized carbons (Fsp3) is 0.636. The third-order valence-corrected chi connectivity index (χ3v) is 8.49. The average molecular weight is 351 g/mol. The van der Waals surface area contributed by atoms with Crippen molar-refractivity contribution in [1.82, 2.24) is 9.62 Å². The highest BCUT2D eigenvalue weighted by Gasteiger charge is 2.48. The molecule has 2 aliphatic rings. The Bertz CT molecular complexity index is 557. The van der Waals surface area contributed by atoms with E-state index in [1.165, 1.54) is 11.3 Å². The van der Waals surface area contributed by atoms with Crippen molar-refractivity contribution in [1.29, 1.82) is 0 Å². The maximum atomic E-state index is 12.7. The van der Waals surface area contributed by atoms with Crippen molar-refractivity contribution < 1.29 is 8.42 Å². The third kappa shape index (κ3) is 1.87. The molecule has 7 heteroatoms. The van der Waals surface area contributed by atoms with Crippen molar-refractivity contribution in [3.05, 3.63) is 15.9 Å². The molecule has 3 rings (SSSR count). The predicted octanol–water partition coefficient (Wildman–Crippen LogP) is 1.88. The molecule has 3 heterocycles. The molecule has 0 aromatic carbocycles. The molecule has 18 heavy (non-hydrogen) atoms. The second-order valence-corrected chi connectivity index (χ2v) is 8.77. The summed E-state index contributed by atoms with van der Waals surface area (Å²) in [6.07, 6.45) is 0.958. The first kappa shape index (κ1) is 13.1. The van der Waals surface area contributed by atoms with Crippen LogP contribution >= 0.6 is 27.3 Å². The Balaban J connectivity index is 2.01. The number of thiophene rings is 1. The number of hydrogen-bond acceptors (Lipinski definition) is 4. The SMILES string of the molecule is CC1CC2CNCC2N1S(=O)(=O)c1sccc1Br. The van der Waals surface area contributed by atoms with Crippen LogP contribution in [0, 0.1) is 5.92 Å². The lowest BCUT2D eigenvalue weighted by atomic mass is 10.0. The van der Waals surface area contributed by atoms with Gasteiger partial charge in [0.15, 0.2) is 0 Å². The molecule has 0 spiro atoms. The highest BCUT2D eigenvalue weighted by atomic mass is 79.9. The highest BCUT2D eigenvalue weighted by molar-refractivity contribution is 9.10. The van der Waals surface area contributed by atoms with E-state index >= 15 is 0 Å². The largest absolute Gasteiger partial charge is 0.315 e. The Morgan fingerprint density at radius 3 is 2.94 bits per heavy atom. The van der Waals surface area contributed by atoms with E-state index in [4.69, 9.17) is 0 Å². The molecule has 1 aromatic rings. The second-order valence-electron chi connectivity index (χ2n) is 4.96. The molecule has 3 atom stereocenters. The maximum Gasteiger partial charge on any atom is 0.254 e. The maximum absolute atomic E-state index is 12.7. The van der Waals surface area contributed by atoms with Crippen molar-refractivity contribution in [2.75, 3.05) is 13.1 Å². The van der Waals surface area contributed by atoms with Crippen LogP contribution < -0.4 is 5.32 Å². The van der Waals surface area contributed by atoms with Crippen molar-refractivity contribution in [3.8, 4) is 0 Å². The number of nitrogens with zero attached hydrogens (tertiary/aromatic N) is 1. The molecule has 0 bridgehead atoms. The van der Waals surface area contributed by atoms with E-state index in [2.05, 4.69) is 21.2 Å². The van der Waals surface area contributed by atoms with Crippen LogP contribution in [0.3, 0.4) is 0 Å². The first-order valence-corrected chi connectivity index (χ1v) is 9.10. The molecule has 0 aliphatic carbocycles. The van der Waals surface area contributed by atoms with Gasteiger partial charge in [-0.05, 0) is 53.2 Å². The second kappa shape index (κ2) is 4.56. The first-order valence-electron chi connectivity index (χ1n) is 5.99. The van der Waals surface area contributed by atoms with Gasteiger partial charge in [0.05, 0.1) is 0 Å². The van der Waals surface area contributed by atoms with Gasteiger partial charge in [-0.2, -0.15) is 4.31 Å². The predicted molar refractivity (Wildman–Crippen MR) is 75.3 cm³/mol. The number of nitrogens with one attached hydrogen (secondary N) is 1. The zero-order chi connectivity index (χ0) is 12.9. The first-order chi connectivity index (χ1) is 8.51. The number of fused-ring (bicyclic) bond motifs is 1. The molecule has 2 saturated heterocycles. The summed E-state index contributed by atoms with van der Waals surface area (Å²) in [5, 5.41) is 5.10. The van der Waals surface area contributed by atoms with Crippen LogP contribution in [0.1, 0.15) is 13.3 Å². The Morgan fingerprint density at radius 1 is 1.50 bits per heavy atom. The topological polar surface area (TPSA) is 49.4 Å². The molecular formula is C11H15BrN2O2S2. The van der Waals surface area contributed by atoms with Crippen LogP contribution in [0.5, 0.6) is 0 Å². The summed E-state index contributed by atoms with van der Waals surface area (Å²) in [6.45, 7) is 3.72. The molecule has 0 radical (unpaired) electrons. The summed E-state index contributed by atoms with van der Waals surface area (Å²) in [5.74, 6) is 0.466. The van der Waals surface area contributed by atoms with Crippen LogP contribution in [0.15, 0.2) is 20.1 Å². The summed E-state index contributed by atoms with van der Waals surface area (Å²) in [4.78, 5) is 0. The minimum atomic E-state index is -3.36. The van der Waals surface area contributed by atoms with E-state index < -0.39 is 10.0 Å². The molecule has 4 nitrogen and oxygen atoms in total. The van der Waals surface area contributed by atoms with E-state index in [1.807, 2.05) is 12.3 Å². The number of sulfonamides is 1. The lowest BCUT2D eigenvalue weighted by Gasteiger charge is -2.26. The fourth-order valence-corrected chi connectivity index (χ4v) is 7.39. The van der Waals surface area contributed by atoms with Crippen molar-refractivity contribution in [2.24, 2.45) is 5.92 Å². The van der Waals surface area contributed by atoms with Gasteiger partial charge < -0.3 is 5.32 Å². The zero-order valence-electron chi connectivity index (χ0n) is 9.97. The van der Waals surface area contributed by atoms with Gasteiger partial charge in [-0.15, -0.1) is 11.3 Å². The molecule has 0 saturated carbocycles. The lowest BCUT2D eigenvalue weighted by Crippen LogP contribution is -2.42. The summed E-state index contributed by atoms with van der Waals surface area (Å²) in [6, 6.07) is 2.02. The van der Waals surface area contributed by atoms with E-state index in [0.29, 0.717) is 14.6 Å². The molecule has 1 N–H and O–H groups in total. The third-order valence-electron chi connectivity index (χ3n) is 3.81. The van der Waals surface area contributed by atoms with Gasteiger partial charge in [-0.3, -0.25) is 0 Å². The Morgan fingerprint density at radius 2 is 2.28 bits per heavy atom. The van der Waals surface area contributed by atoms with Crippen molar-refractivity contribution >= 4 is 37.3 Å². The van der Waals surface area contributed by atoms with Gasteiger partial charge in [-0.1, -0.05) is 0 Å². The summed E-state index contributed by atoms with van der Waals surface area (Å²) >= 11 is 4.61. The van der Waals surface area contributed by atoms with Crippen LogP contribution in [0.2, 0.25) is 0 Å². The number of halogens is 1. The van der Waals surface area contributed by atoms with E-state index in [-0.39, 0.29) is 12.1 Å². The van der Waals surface area contributed by atoms with Crippen LogP contribution in [0.4, 0.5) is 0 Å². The van der Waals surface area contributed by atoms with Crippen molar-refractivity contribution in [2.45, 2.75) is 29.6 Å². The molecule has 0 amide bonds. The zero-order valence-corrected chi connectivity index (χ0v) is 13.2. The van der Waals surface area contributed by atoms with Gasteiger partial charge in [0.25, 0.3) is 10.0 Å². The summed E-state index contributed by atoms with van der Waals surface area (Å²) in [7, 11) is -3.36. The Kier molecular flexibility index (Phi) is 3.30. The molecule has 3 unspecified atom stereocenters. The molecule has 2 aliphatic heterocycles. The summed E-state index contributed by atoms with van der Waals surface area (Å²) in [5.41, 5.74) is 0. The minimum Gasteiger partial charge on any atom is -0.315 e. The van der Waals surface area contributed by atoms with Crippen LogP contribution in [-0.4, -0.2) is 37.9 Å². The van der Waals surface area contributed by atoms with Gasteiger partial charge in [0, 0.05) is 23.1 Å². The monoisotopic (exact) mass is 350 g/mol. The lowest BCUT2D eigenvalue weighted by molar-refractivity contribution is 0.336. The smallest absolute Gasteiger partial charge is 0.254 e. The normalized spacial score (nSPS) is 32.9. The van der Waals surface area contributed by atoms with Crippen LogP contribution in [0.25, 0.3) is 0 Å². The molecule has 2 fully saturated rings. The molecule has 1 aromatic heterocycles. The highest BCUT2D eigenvalue weighted by Crippen LogP contribution is 2.39. The molecule has 100 valence electrons. The van der Waals surface area contributed by atoms with Gasteiger partial charge in [0.2, 0.25) is 0 Å². The van der Waals surface area contributed by atoms with E-state index in [9.17, 15) is 8.42 Å². The average Bonchev–Trinajstić information content (AvgIpc) is 2.92. The van der Waals surface area contributed by atoms with Crippen molar-refractivity contribution in [3.63, 3.8) is 0 Å². The van der Waals surface area contributed by atoms with Gasteiger partial charge in [0.1, 0.15) is 4.21 Å². The molecular weight excluding hydrogens is 336 g/mol. The summed E-state index contributed by atoms with van der Waals surface area (Å²) < 4.78 is 28.3.